The fraction of sp³-hybridized carbons (Fsp3) is 0.171. The Morgan fingerprint density at radius 3 is 2.48 bits per heavy atom. The summed E-state index contributed by atoms with van der Waals surface area (Å²) < 4.78 is 11.1. The molecule has 2 N–H and O–H groups in total. The predicted molar refractivity (Wildman–Crippen MR) is 184 cm³/mol. The molecular weight excluding hydrogens is 674 g/mol. The first-order valence-corrected chi connectivity index (χ1v) is 17.0. The van der Waals surface area contributed by atoms with Crippen LogP contribution in [0.15, 0.2) is 94.7 Å². The fourth-order valence-corrected chi connectivity index (χ4v) is 8.76. The molecule has 1 saturated heterocycles. The molecule has 1 fully saturated rings. The second-order valence-electron chi connectivity index (χ2n) is 11.1. The zero-order valence-corrected chi connectivity index (χ0v) is 27.6. The molecule has 4 aromatic carbocycles. The first kappa shape index (κ1) is 31.7. The van der Waals surface area contributed by atoms with Crippen LogP contribution in [0.3, 0.4) is 0 Å². The molecule has 242 valence electrons. The third kappa shape index (κ3) is 5.87. The summed E-state index contributed by atoms with van der Waals surface area (Å²) in [5, 5.41) is 4.83. The molecule has 7 rings (SSSR count). The van der Waals surface area contributed by atoms with Crippen molar-refractivity contribution in [3.63, 3.8) is 0 Å². The number of carbonyl (C=O) groups is 4. The lowest BCUT2D eigenvalue weighted by Crippen LogP contribution is -2.32. The van der Waals surface area contributed by atoms with Crippen LogP contribution in [0.1, 0.15) is 33.6 Å². The first-order chi connectivity index (χ1) is 23.2. The number of nitrogens with one attached hydrogen (secondary N) is 2. The van der Waals surface area contributed by atoms with Gasteiger partial charge in [-0.1, -0.05) is 65.0 Å². The summed E-state index contributed by atoms with van der Waals surface area (Å²) in [5.74, 6) is -3.27. The summed E-state index contributed by atoms with van der Waals surface area (Å²) in [5.41, 5.74) is 1.66. The van der Waals surface area contributed by atoms with Crippen LogP contribution in [0.4, 0.5) is 11.4 Å². The summed E-state index contributed by atoms with van der Waals surface area (Å²) in [7, 11) is 0. The van der Waals surface area contributed by atoms with Crippen LogP contribution in [-0.2, 0) is 19.1 Å². The molecule has 2 aliphatic heterocycles. The number of aromatic amines is 1. The smallest absolute Gasteiger partial charge is 0.338 e. The number of thioether (sulfide) groups is 1. The van der Waals surface area contributed by atoms with Crippen LogP contribution in [-0.4, -0.2) is 47.1 Å². The molecule has 10 nitrogen and oxygen atoms in total. The van der Waals surface area contributed by atoms with E-state index < -0.39 is 40.8 Å². The number of carbonyl (C=O) groups excluding carboxylic acids is 4. The molecular formula is C35H26ClN3O7S2. The average Bonchev–Trinajstić information content (AvgIpc) is 3.58. The van der Waals surface area contributed by atoms with E-state index in [1.165, 1.54) is 24.3 Å². The van der Waals surface area contributed by atoms with Crippen LogP contribution < -0.4 is 19.8 Å². The minimum absolute atomic E-state index is 0.211. The van der Waals surface area contributed by atoms with E-state index in [0.717, 1.165) is 38.8 Å². The van der Waals surface area contributed by atoms with Gasteiger partial charge in [-0.3, -0.25) is 19.2 Å². The van der Waals surface area contributed by atoms with Crippen LogP contribution in [0.5, 0.6) is 5.75 Å². The van der Waals surface area contributed by atoms with Crippen molar-refractivity contribution in [2.24, 2.45) is 5.92 Å². The Bertz CT molecular complexity index is 2160. The molecule has 3 heterocycles. The number of nitrogens with zero attached hydrogens (tertiary/aromatic N) is 1. The molecule has 5 aromatic rings. The number of benzene rings is 4. The quantitative estimate of drug-likeness (QED) is 0.144. The number of fused-ring (bicyclic) bond motifs is 3. The Kier molecular flexibility index (Phi) is 8.54. The molecule has 0 unspecified atom stereocenters. The van der Waals surface area contributed by atoms with Crippen molar-refractivity contribution < 1.29 is 28.7 Å². The van der Waals surface area contributed by atoms with Crippen LogP contribution in [0.2, 0.25) is 5.02 Å². The van der Waals surface area contributed by atoms with Gasteiger partial charge in [-0.25, -0.2) is 9.69 Å². The second-order valence-corrected chi connectivity index (χ2v) is 13.7. The molecule has 0 bridgehead atoms. The lowest BCUT2D eigenvalue weighted by molar-refractivity contribution is -0.122. The van der Waals surface area contributed by atoms with Crippen molar-refractivity contribution in [1.29, 1.82) is 0 Å². The molecule has 0 saturated carbocycles. The highest BCUT2D eigenvalue weighted by Gasteiger charge is 2.57. The summed E-state index contributed by atoms with van der Waals surface area (Å²) in [4.78, 5) is 70.0. The van der Waals surface area contributed by atoms with Gasteiger partial charge in [-0.15, -0.1) is 0 Å². The van der Waals surface area contributed by atoms with Crippen LogP contribution in [0, 0.1) is 5.92 Å². The predicted octanol–water partition coefficient (Wildman–Crippen LogP) is 6.23. The number of ether oxygens (including phenoxy) is 2. The minimum Gasteiger partial charge on any atom is -0.483 e. The highest BCUT2D eigenvalue weighted by molar-refractivity contribution is 8.00. The summed E-state index contributed by atoms with van der Waals surface area (Å²) >= 11 is 8.56. The number of anilines is 2. The maximum Gasteiger partial charge on any atom is 0.338 e. The third-order valence-electron chi connectivity index (χ3n) is 8.16. The van der Waals surface area contributed by atoms with Gasteiger partial charge in [0.25, 0.3) is 5.91 Å². The van der Waals surface area contributed by atoms with Crippen molar-refractivity contribution >= 4 is 80.5 Å². The number of esters is 1. The second kappa shape index (κ2) is 12.9. The molecule has 1 aromatic heterocycles. The standard InChI is InChI=1S/C35H26ClN3O7S2/c1-2-45-34(43)19-8-12-23(13-9-19)39-32(41)28-27(29-31(38-35(44)48-29)47-30(28)33(39)42)24-16-21(36)10-14-25(24)46-17-26(40)37-22-11-7-18-5-3-4-6-20(18)15-22/h3-16,27-28,30H,2,17H2,1H3,(H,37,40)(H,38,44)/t27-,28-,30+/m0/s1. The molecule has 13 heteroatoms. The number of H-pyrrole nitrogens is 1. The number of hydrogen-bond donors (Lipinski definition) is 2. The maximum absolute atomic E-state index is 14.2. The number of hydrogen-bond acceptors (Lipinski definition) is 9. The number of halogens is 1. The number of thiazole rings is 1. The zero-order valence-electron chi connectivity index (χ0n) is 25.2. The van der Waals surface area contributed by atoms with E-state index in [2.05, 4.69) is 10.3 Å². The highest BCUT2D eigenvalue weighted by atomic mass is 35.5. The maximum atomic E-state index is 14.2. The lowest BCUT2D eigenvalue weighted by atomic mass is 9.82. The highest BCUT2D eigenvalue weighted by Crippen LogP contribution is 2.54. The van der Waals surface area contributed by atoms with Gasteiger partial charge in [0.2, 0.25) is 11.8 Å². The van der Waals surface area contributed by atoms with Crippen molar-refractivity contribution in [2.75, 3.05) is 23.4 Å². The van der Waals surface area contributed by atoms with Gasteiger partial charge in [0.05, 0.1) is 28.8 Å². The van der Waals surface area contributed by atoms with Crippen molar-refractivity contribution in [3.8, 4) is 5.75 Å². The first-order valence-electron chi connectivity index (χ1n) is 15.0. The molecule has 0 aliphatic carbocycles. The van der Waals surface area contributed by atoms with Gasteiger partial charge < -0.3 is 19.8 Å². The molecule has 0 spiro atoms. The van der Waals surface area contributed by atoms with Crippen LogP contribution in [0.25, 0.3) is 10.8 Å². The minimum atomic E-state index is -0.918. The van der Waals surface area contributed by atoms with Crippen LogP contribution >= 0.6 is 34.7 Å². The number of imide groups is 1. The van der Waals surface area contributed by atoms with Gasteiger partial charge in [0.1, 0.15) is 11.0 Å². The van der Waals surface area contributed by atoms with E-state index in [4.69, 9.17) is 21.1 Å². The van der Waals surface area contributed by atoms with Crippen molar-refractivity contribution in [3.05, 3.63) is 116 Å². The van der Waals surface area contributed by atoms with E-state index in [9.17, 15) is 24.0 Å². The summed E-state index contributed by atoms with van der Waals surface area (Å²) in [6.07, 6.45) is 0. The molecule has 3 amide bonds. The van der Waals surface area contributed by atoms with Gasteiger partial charge >= 0.3 is 10.8 Å². The van der Waals surface area contributed by atoms with Gasteiger partial charge in [-0.2, -0.15) is 0 Å². The SMILES string of the molecule is CCOC(=O)c1ccc(N2C(=O)[C@H]3[C@H](c4cc(Cl)ccc4OCC(=O)Nc4ccc5ccccc5c4)c4sc(=O)[nH]c4S[C@H]3C2=O)cc1. The van der Waals surface area contributed by atoms with Crippen molar-refractivity contribution in [2.45, 2.75) is 23.1 Å². The summed E-state index contributed by atoms with van der Waals surface area (Å²) in [6.45, 7) is 1.56. The molecule has 2 aliphatic rings. The van der Waals surface area contributed by atoms with Gasteiger partial charge in [-0.05, 0) is 72.3 Å². The molecule has 0 radical (unpaired) electrons. The Morgan fingerprint density at radius 2 is 1.71 bits per heavy atom. The van der Waals surface area contributed by atoms with E-state index in [1.807, 2.05) is 42.5 Å². The fourth-order valence-electron chi connectivity index (χ4n) is 6.07. The zero-order chi connectivity index (χ0) is 33.5. The van der Waals surface area contributed by atoms with Crippen molar-refractivity contribution in [1.82, 2.24) is 4.98 Å². The Hall–Kier alpha value is -4.91. The number of rotatable bonds is 8. The average molecular weight is 700 g/mol. The summed E-state index contributed by atoms with van der Waals surface area (Å²) in [6, 6.07) is 24.3. The largest absolute Gasteiger partial charge is 0.483 e. The lowest BCUT2D eigenvalue weighted by Gasteiger charge is -2.31. The normalized spacial score (nSPS) is 18.4. The van der Waals surface area contributed by atoms with E-state index in [0.29, 0.717) is 31.9 Å². The van der Waals surface area contributed by atoms with E-state index >= 15 is 0 Å². The third-order valence-corrected chi connectivity index (χ3v) is 10.8. The Balaban J connectivity index is 1.19. The Labute approximate surface area is 287 Å². The topological polar surface area (TPSA) is 135 Å². The monoisotopic (exact) mass is 699 g/mol. The Morgan fingerprint density at radius 1 is 0.938 bits per heavy atom. The van der Waals surface area contributed by atoms with E-state index in [-0.39, 0.29) is 29.4 Å². The van der Waals surface area contributed by atoms with Gasteiger partial charge in [0, 0.05) is 27.1 Å². The van der Waals surface area contributed by atoms with Gasteiger partial charge in [0.15, 0.2) is 6.61 Å². The van der Waals surface area contributed by atoms with E-state index in [1.54, 1.807) is 25.1 Å². The number of amides is 3. The number of aromatic nitrogens is 1. The molecule has 3 atom stereocenters. The molecule has 48 heavy (non-hydrogen) atoms.